The van der Waals surface area contributed by atoms with E-state index in [0.29, 0.717) is 6.04 Å². The number of ether oxygens (including phenoxy) is 1. The van der Waals surface area contributed by atoms with Gasteiger partial charge in [0.2, 0.25) is 0 Å². The van der Waals surface area contributed by atoms with Gasteiger partial charge < -0.3 is 15.2 Å². The fraction of sp³-hybridized carbons (Fsp3) is 0.625. The van der Waals surface area contributed by atoms with Crippen LogP contribution in [-0.4, -0.2) is 56.0 Å². The lowest BCUT2D eigenvalue weighted by Gasteiger charge is -2.33. The molecule has 0 aliphatic carbocycles. The van der Waals surface area contributed by atoms with Crippen LogP contribution in [0.5, 0.6) is 0 Å². The summed E-state index contributed by atoms with van der Waals surface area (Å²) in [5.74, 6) is 0. The SMILES string of the molecule is CNC(CCN1CCOC(CO)C1)c1cccc(C)c1. The highest BCUT2D eigenvalue weighted by molar-refractivity contribution is 5.25. The fourth-order valence-electron chi connectivity index (χ4n) is 2.77. The highest BCUT2D eigenvalue weighted by Crippen LogP contribution is 2.18. The fourth-order valence-corrected chi connectivity index (χ4v) is 2.77. The van der Waals surface area contributed by atoms with Gasteiger partial charge in [0, 0.05) is 25.7 Å². The Morgan fingerprint density at radius 1 is 1.50 bits per heavy atom. The van der Waals surface area contributed by atoms with E-state index in [0.717, 1.165) is 32.7 Å². The molecule has 1 aliphatic rings. The van der Waals surface area contributed by atoms with E-state index in [9.17, 15) is 5.11 Å². The van der Waals surface area contributed by atoms with Crippen LogP contribution in [0.25, 0.3) is 0 Å². The average Bonchev–Trinajstić information content (AvgIpc) is 2.48. The van der Waals surface area contributed by atoms with Crippen molar-refractivity contribution in [3.63, 3.8) is 0 Å². The highest BCUT2D eigenvalue weighted by atomic mass is 16.5. The first-order valence-electron chi connectivity index (χ1n) is 7.41. The summed E-state index contributed by atoms with van der Waals surface area (Å²) >= 11 is 0. The third-order valence-electron chi connectivity index (χ3n) is 3.95. The quantitative estimate of drug-likeness (QED) is 0.824. The van der Waals surface area contributed by atoms with E-state index < -0.39 is 0 Å². The lowest BCUT2D eigenvalue weighted by molar-refractivity contribution is -0.0533. The molecule has 1 fully saturated rings. The third kappa shape index (κ3) is 4.28. The summed E-state index contributed by atoms with van der Waals surface area (Å²) in [7, 11) is 2.02. The minimum atomic E-state index is -0.0178. The van der Waals surface area contributed by atoms with Crippen molar-refractivity contribution in [1.29, 1.82) is 0 Å². The van der Waals surface area contributed by atoms with Crippen molar-refractivity contribution in [3.8, 4) is 0 Å². The summed E-state index contributed by atoms with van der Waals surface area (Å²) in [5, 5.41) is 12.6. The first-order chi connectivity index (χ1) is 9.72. The van der Waals surface area contributed by atoms with E-state index >= 15 is 0 Å². The zero-order valence-corrected chi connectivity index (χ0v) is 12.5. The summed E-state index contributed by atoms with van der Waals surface area (Å²) in [6.07, 6.45) is 1.05. The van der Waals surface area contributed by atoms with Crippen LogP contribution < -0.4 is 5.32 Å². The van der Waals surface area contributed by atoms with Gasteiger partial charge in [0.25, 0.3) is 0 Å². The van der Waals surface area contributed by atoms with Gasteiger partial charge in [-0.1, -0.05) is 29.8 Å². The van der Waals surface area contributed by atoms with Crippen LogP contribution in [0, 0.1) is 6.92 Å². The van der Waals surface area contributed by atoms with Gasteiger partial charge in [-0.3, -0.25) is 4.90 Å². The number of nitrogens with zero attached hydrogens (tertiary/aromatic N) is 1. The lowest BCUT2D eigenvalue weighted by Crippen LogP contribution is -2.44. The molecule has 2 unspecified atom stereocenters. The molecule has 20 heavy (non-hydrogen) atoms. The second kappa shape index (κ2) is 7.74. The molecule has 1 aromatic carbocycles. The van der Waals surface area contributed by atoms with Crippen molar-refractivity contribution in [1.82, 2.24) is 10.2 Å². The first-order valence-corrected chi connectivity index (χ1v) is 7.41. The molecular weight excluding hydrogens is 252 g/mol. The smallest absolute Gasteiger partial charge is 0.0932 e. The van der Waals surface area contributed by atoms with E-state index in [1.807, 2.05) is 7.05 Å². The zero-order valence-electron chi connectivity index (χ0n) is 12.5. The molecule has 0 saturated carbocycles. The van der Waals surface area contributed by atoms with E-state index in [2.05, 4.69) is 41.4 Å². The molecule has 1 aromatic rings. The normalized spacial score (nSPS) is 21.9. The largest absolute Gasteiger partial charge is 0.394 e. The van der Waals surface area contributed by atoms with Crippen molar-refractivity contribution in [2.45, 2.75) is 25.5 Å². The van der Waals surface area contributed by atoms with Gasteiger partial charge in [-0.15, -0.1) is 0 Å². The molecular formula is C16H26N2O2. The van der Waals surface area contributed by atoms with Crippen LogP contribution in [0.15, 0.2) is 24.3 Å². The van der Waals surface area contributed by atoms with E-state index in [1.54, 1.807) is 0 Å². The monoisotopic (exact) mass is 278 g/mol. The second-order valence-electron chi connectivity index (χ2n) is 5.52. The maximum atomic E-state index is 9.18. The molecule has 1 saturated heterocycles. The highest BCUT2D eigenvalue weighted by Gasteiger charge is 2.20. The number of rotatable bonds is 6. The number of aryl methyl sites for hydroxylation is 1. The number of morpholine rings is 1. The Kier molecular flexibility index (Phi) is 5.98. The van der Waals surface area contributed by atoms with Crippen molar-refractivity contribution in [3.05, 3.63) is 35.4 Å². The van der Waals surface area contributed by atoms with Crippen LogP contribution >= 0.6 is 0 Å². The minimum absolute atomic E-state index is 0.0178. The van der Waals surface area contributed by atoms with Gasteiger partial charge in [0.15, 0.2) is 0 Å². The van der Waals surface area contributed by atoms with Gasteiger partial charge in [-0.05, 0) is 26.0 Å². The average molecular weight is 278 g/mol. The number of aliphatic hydroxyl groups is 1. The Bertz CT molecular complexity index is 411. The van der Waals surface area contributed by atoms with Crippen molar-refractivity contribution in [2.24, 2.45) is 0 Å². The molecule has 1 aliphatic heterocycles. The maximum Gasteiger partial charge on any atom is 0.0932 e. The Balaban J connectivity index is 1.87. The second-order valence-corrected chi connectivity index (χ2v) is 5.52. The van der Waals surface area contributed by atoms with Crippen molar-refractivity contribution >= 4 is 0 Å². The molecule has 112 valence electrons. The molecule has 2 atom stereocenters. The first kappa shape index (κ1) is 15.4. The number of benzene rings is 1. The topological polar surface area (TPSA) is 44.7 Å². The van der Waals surface area contributed by atoms with Crippen molar-refractivity contribution < 1.29 is 9.84 Å². The summed E-state index contributed by atoms with van der Waals surface area (Å²) in [6.45, 7) is 5.79. The van der Waals surface area contributed by atoms with Gasteiger partial charge in [0.05, 0.1) is 19.3 Å². The van der Waals surface area contributed by atoms with Crippen LogP contribution in [0.2, 0.25) is 0 Å². The molecule has 4 nitrogen and oxygen atoms in total. The molecule has 0 radical (unpaired) electrons. The summed E-state index contributed by atoms with van der Waals surface area (Å²) < 4.78 is 5.48. The van der Waals surface area contributed by atoms with Crippen LogP contribution in [0.3, 0.4) is 0 Å². The van der Waals surface area contributed by atoms with Crippen molar-refractivity contribution in [2.75, 3.05) is 39.9 Å². The van der Waals surface area contributed by atoms with Gasteiger partial charge >= 0.3 is 0 Å². The third-order valence-corrected chi connectivity index (χ3v) is 3.95. The lowest BCUT2D eigenvalue weighted by atomic mass is 10.0. The predicted molar refractivity (Wildman–Crippen MR) is 80.9 cm³/mol. The zero-order chi connectivity index (χ0) is 14.4. The molecule has 2 N–H and O–H groups in total. The molecule has 1 heterocycles. The molecule has 0 aromatic heterocycles. The Labute approximate surface area is 121 Å². The van der Waals surface area contributed by atoms with E-state index in [4.69, 9.17) is 4.74 Å². The molecule has 0 bridgehead atoms. The number of aliphatic hydroxyl groups excluding tert-OH is 1. The van der Waals surface area contributed by atoms with Crippen LogP contribution in [-0.2, 0) is 4.74 Å². The molecule has 0 amide bonds. The summed E-state index contributed by atoms with van der Waals surface area (Å²) in [4.78, 5) is 2.38. The molecule has 2 rings (SSSR count). The molecule has 0 spiro atoms. The van der Waals surface area contributed by atoms with Gasteiger partial charge in [-0.25, -0.2) is 0 Å². The van der Waals surface area contributed by atoms with Gasteiger partial charge in [-0.2, -0.15) is 0 Å². The minimum Gasteiger partial charge on any atom is -0.394 e. The van der Waals surface area contributed by atoms with E-state index in [-0.39, 0.29) is 12.7 Å². The van der Waals surface area contributed by atoms with E-state index in [1.165, 1.54) is 11.1 Å². The number of hydrogen-bond donors (Lipinski definition) is 2. The maximum absolute atomic E-state index is 9.18. The summed E-state index contributed by atoms with van der Waals surface area (Å²) in [6, 6.07) is 9.06. The Morgan fingerprint density at radius 3 is 3.05 bits per heavy atom. The number of hydrogen-bond acceptors (Lipinski definition) is 4. The standard InChI is InChI=1S/C16H26N2O2/c1-13-4-3-5-14(10-13)16(17-2)6-7-18-8-9-20-15(11-18)12-19/h3-5,10,15-17,19H,6-9,11-12H2,1-2H3. The van der Waals surface area contributed by atoms with Crippen LogP contribution in [0.1, 0.15) is 23.6 Å². The van der Waals surface area contributed by atoms with Gasteiger partial charge in [0.1, 0.15) is 0 Å². The predicted octanol–water partition coefficient (Wildman–Crippen LogP) is 1.34. The number of nitrogens with one attached hydrogen (secondary N) is 1. The Hall–Kier alpha value is -0.940. The molecule has 4 heteroatoms. The van der Waals surface area contributed by atoms with Crippen LogP contribution in [0.4, 0.5) is 0 Å². The Morgan fingerprint density at radius 2 is 2.35 bits per heavy atom. The summed E-state index contributed by atoms with van der Waals surface area (Å²) in [5.41, 5.74) is 2.65.